The Balaban J connectivity index is 2.70. The van der Waals surface area contributed by atoms with Crippen LogP contribution in [0, 0.1) is 16.7 Å². The molecule has 0 aromatic carbocycles. The van der Waals surface area contributed by atoms with Gasteiger partial charge in [0, 0.05) is 26.2 Å². The number of carbonyl (C=O) groups excluding carboxylic acids is 1. The molecule has 0 radical (unpaired) electrons. The molecule has 0 unspecified atom stereocenters. The molecule has 1 aliphatic rings. The molecule has 4 heteroatoms. The van der Waals surface area contributed by atoms with Crippen molar-refractivity contribution in [3.05, 3.63) is 0 Å². The first-order valence-corrected chi connectivity index (χ1v) is 7.45. The van der Waals surface area contributed by atoms with E-state index in [4.69, 9.17) is 0 Å². The van der Waals surface area contributed by atoms with Gasteiger partial charge in [-0.2, -0.15) is 5.26 Å². The first kappa shape index (κ1) is 16.0. The molecule has 0 spiro atoms. The SMILES string of the molecule is CCN1CCC(N(C)C(=O)C(C#N)(CC)CC)CC1. The van der Waals surface area contributed by atoms with Gasteiger partial charge in [-0.25, -0.2) is 0 Å². The fourth-order valence-electron chi connectivity index (χ4n) is 2.88. The van der Waals surface area contributed by atoms with E-state index in [1.165, 1.54) is 0 Å². The summed E-state index contributed by atoms with van der Waals surface area (Å²) in [4.78, 5) is 16.8. The van der Waals surface area contributed by atoms with Crippen LogP contribution in [0.2, 0.25) is 0 Å². The summed E-state index contributed by atoms with van der Waals surface area (Å²) < 4.78 is 0. The minimum absolute atomic E-state index is 0.00921. The van der Waals surface area contributed by atoms with Crippen molar-refractivity contribution in [3.8, 4) is 6.07 Å². The van der Waals surface area contributed by atoms with Gasteiger partial charge in [-0.05, 0) is 32.2 Å². The predicted octanol–water partition coefficient (Wildman–Crippen LogP) is 2.26. The van der Waals surface area contributed by atoms with Gasteiger partial charge in [0.05, 0.1) is 6.07 Å². The summed E-state index contributed by atoms with van der Waals surface area (Å²) in [6, 6.07) is 2.55. The van der Waals surface area contributed by atoms with Crippen LogP contribution < -0.4 is 0 Å². The molecule has 4 nitrogen and oxygen atoms in total. The van der Waals surface area contributed by atoms with E-state index in [-0.39, 0.29) is 5.91 Å². The van der Waals surface area contributed by atoms with Crippen LogP contribution in [-0.2, 0) is 4.79 Å². The molecule has 0 aliphatic carbocycles. The van der Waals surface area contributed by atoms with Crippen LogP contribution in [0.25, 0.3) is 0 Å². The zero-order valence-corrected chi connectivity index (χ0v) is 12.8. The topological polar surface area (TPSA) is 47.3 Å². The molecule has 19 heavy (non-hydrogen) atoms. The van der Waals surface area contributed by atoms with Gasteiger partial charge in [-0.1, -0.05) is 20.8 Å². The first-order valence-electron chi connectivity index (χ1n) is 7.45. The van der Waals surface area contributed by atoms with Crippen LogP contribution in [0.3, 0.4) is 0 Å². The zero-order valence-electron chi connectivity index (χ0n) is 12.8. The predicted molar refractivity (Wildman–Crippen MR) is 76.5 cm³/mol. The highest BCUT2D eigenvalue weighted by atomic mass is 16.2. The quantitative estimate of drug-likeness (QED) is 0.766. The van der Waals surface area contributed by atoms with Gasteiger partial charge in [-0.3, -0.25) is 4.79 Å². The van der Waals surface area contributed by atoms with Gasteiger partial charge in [0.15, 0.2) is 0 Å². The summed E-state index contributed by atoms with van der Waals surface area (Å²) in [6.07, 6.45) is 3.23. The van der Waals surface area contributed by atoms with Crippen LogP contribution in [0.1, 0.15) is 46.5 Å². The van der Waals surface area contributed by atoms with E-state index in [0.29, 0.717) is 18.9 Å². The summed E-state index contributed by atoms with van der Waals surface area (Å²) in [5, 5.41) is 9.37. The maximum Gasteiger partial charge on any atom is 0.243 e. The third kappa shape index (κ3) is 3.27. The van der Waals surface area contributed by atoms with Gasteiger partial charge in [0.25, 0.3) is 0 Å². The van der Waals surface area contributed by atoms with E-state index >= 15 is 0 Å². The Hall–Kier alpha value is -1.08. The minimum atomic E-state index is -0.823. The molecule has 0 aromatic heterocycles. The Morgan fingerprint density at radius 2 is 1.84 bits per heavy atom. The number of carbonyl (C=O) groups is 1. The molecule has 1 aliphatic heterocycles. The largest absolute Gasteiger partial charge is 0.341 e. The van der Waals surface area contributed by atoms with E-state index in [2.05, 4.69) is 17.9 Å². The normalized spacial score (nSPS) is 18.1. The number of likely N-dealkylation sites (tertiary alicyclic amines) is 1. The molecule has 1 rings (SSSR count). The zero-order chi connectivity index (χ0) is 14.5. The molecule has 1 fully saturated rings. The van der Waals surface area contributed by atoms with E-state index in [9.17, 15) is 10.1 Å². The Morgan fingerprint density at radius 3 is 2.21 bits per heavy atom. The Bertz CT molecular complexity index is 336. The molecule has 0 bridgehead atoms. The van der Waals surface area contributed by atoms with Crippen molar-refractivity contribution in [2.24, 2.45) is 5.41 Å². The van der Waals surface area contributed by atoms with Gasteiger partial charge in [0.1, 0.15) is 5.41 Å². The second kappa shape index (κ2) is 6.91. The molecule has 1 amide bonds. The number of rotatable bonds is 5. The average Bonchev–Trinajstić information content (AvgIpc) is 2.48. The lowest BCUT2D eigenvalue weighted by Gasteiger charge is -2.39. The van der Waals surface area contributed by atoms with Crippen molar-refractivity contribution >= 4 is 5.91 Å². The van der Waals surface area contributed by atoms with E-state index in [1.54, 1.807) is 0 Å². The van der Waals surface area contributed by atoms with Gasteiger partial charge < -0.3 is 9.80 Å². The highest BCUT2D eigenvalue weighted by Gasteiger charge is 2.39. The molecular weight excluding hydrogens is 238 g/mol. The fourth-order valence-corrected chi connectivity index (χ4v) is 2.88. The maximum atomic E-state index is 12.6. The lowest BCUT2D eigenvalue weighted by Crippen LogP contribution is -2.50. The Morgan fingerprint density at radius 1 is 1.32 bits per heavy atom. The van der Waals surface area contributed by atoms with Gasteiger partial charge in [-0.15, -0.1) is 0 Å². The molecule has 1 heterocycles. The number of piperidine rings is 1. The third-order valence-electron chi connectivity index (χ3n) is 4.70. The van der Waals surface area contributed by atoms with E-state index < -0.39 is 5.41 Å². The van der Waals surface area contributed by atoms with E-state index in [1.807, 2.05) is 25.8 Å². The highest BCUT2D eigenvalue weighted by Crippen LogP contribution is 2.29. The van der Waals surface area contributed by atoms with Crippen LogP contribution in [-0.4, -0.2) is 48.4 Å². The van der Waals surface area contributed by atoms with Crippen LogP contribution in [0.5, 0.6) is 0 Å². The molecular formula is C15H27N3O. The smallest absolute Gasteiger partial charge is 0.243 e. The van der Waals surface area contributed by atoms with Gasteiger partial charge in [0.2, 0.25) is 5.91 Å². The summed E-state index contributed by atoms with van der Waals surface area (Å²) >= 11 is 0. The monoisotopic (exact) mass is 265 g/mol. The molecule has 0 aromatic rings. The highest BCUT2D eigenvalue weighted by molar-refractivity contribution is 5.85. The number of amides is 1. The molecule has 1 saturated heterocycles. The number of hydrogen-bond acceptors (Lipinski definition) is 3. The summed E-state index contributed by atoms with van der Waals surface area (Å²) in [6.45, 7) is 9.21. The van der Waals surface area contributed by atoms with Crippen molar-refractivity contribution in [1.29, 1.82) is 5.26 Å². The molecule has 0 saturated carbocycles. The van der Waals surface area contributed by atoms with Crippen LogP contribution in [0.4, 0.5) is 0 Å². The number of hydrogen-bond donors (Lipinski definition) is 0. The lowest BCUT2D eigenvalue weighted by molar-refractivity contribution is -0.141. The van der Waals surface area contributed by atoms with Crippen molar-refractivity contribution in [2.75, 3.05) is 26.7 Å². The van der Waals surface area contributed by atoms with Gasteiger partial charge >= 0.3 is 0 Å². The number of nitriles is 1. The van der Waals surface area contributed by atoms with Crippen molar-refractivity contribution in [1.82, 2.24) is 9.80 Å². The maximum absolute atomic E-state index is 12.6. The molecule has 0 atom stereocenters. The third-order valence-corrected chi connectivity index (χ3v) is 4.70. The fraction of sp³-hybridized carbons (Fsp3) is 0.867. The molecule has 0 N–H and O–H groups in total. The average molecular weight is 265 g/mol. The Labute approximate surface area is 117 Å². The van der Waals surface area contributed by atoms with Crippen molar-refractivity contribution in [2.45, 2.75) is 52.5 Å². The van der Waals surface area contributed by atoms with Crippen molar-refractivity contribution in [3.63, 3.8) is 0 Å². The second-order valence-corrected chi connectivity index (χ2v) is 5.48. The first-order chi connectivity index (χ1) is 9.04. The summed E-state index contributed by atoms with van der Waals surface area (Å²) in [7, 11) is 1.87. The second-order valence-electron chi connectivity index (χ2n) is 5.48. The van der Waals surface area contributed by atoms with E-state index in [0.717, 1.165) is 32.5 Å². The summed E-state index contributed by atoms with van der Waals surface area (Å²) in [5.74, 6) is 0.00921. The summed E-state index contributed by atoms with van der Waals surface area (Å²) in [5.41, 5.74) is -0.823. The lowest BCUT2D eigenvalue weighted by atomic mass is 9.82. The van der Waals surface area contributed by atoms with Crippen LogP contribution in [0.15, 0.2) is 0 Å². The Kier molecular flexibility index (Phi) is 5.81. The minimum Gasteiger partial charge on any atom is -0.341 e. The molecule has 108 valence electrons. The van der Waals surface area contributed by atoms with Crippen molar-refractivity contribution < 1.29 is 4.79 Å². The van der Waals surface area contributed by atoms with Crippen LogP contribution >= 0.6 is 0 Å². The number of nitrogens with zero attached hydrogens (tertiary/aromatic N) is 3. The standard InChI is InChI=1S/C15H27N3O/c1-5-15(6-2,12-16)14(19)17(4)13-8-10-18(7-3)11-9-13/h13H,5-11H2,1-4H3.